The van der Waals surface area contributed by atoms with Gasteiger partial charge in [-0.25, -0.2) is 9.59 Å². The second-order valence-electron chi connectivity index (χ2n) is 10.0. The number of ether oxygens (including phenoxy) is 3. The number of likely N-dealkylation sites (tertiary alicyclic amines) is 1. The molecule has 2 saturated heterocycles. The predicted molar refractivity (Wildman–Crippen MR) is 148 cm³/mol. The summed E-state index contributed by atoms with van der Waals surface area (Å²) in [6, 6.07) is 10.8. The number of thiophene rings is 1. The highest BCUT2D eigenvalue weighted by Gasteiger charge is 2.34. The van der Waals surface area contributed by atoms with Crippen molar-refractivity contribution in [3.05, 3.63) is 51.7 Å². The average Bonchev–Trinajstić information content (AvgIpc) is 3.56. The van der Waals surface area contributed by atoms with Crippen molar-refractivity contribution in [1.82, 2.24) is 4.90 Å². The minimum Gasteiger partial charge on any atom is -0.460 e. The van der Waals surface area contributed by atoms with Crippen LogP contribution in [-0.2, 0) is 20.8 Å². The Kier molecular flexibility index (Phi) is 11.0. The number of nitrogens with zero attached hydrogens (tertiary/aromatic N) is 2. The smallest absolute Gasteiger partial charge is 0.414 e. The Morgan fingerprint density at radius 1 is 1.13 bits per heavy atom. The SMILES string of the molecule is CCCCCC(O)c1ccc(N2C(=O)OC[C@@H]2COCc2ccc(C(=O)OCCN3CCCCC3)s2)cc1. The fraction of sp³-hybridized carbons (Fsp3) is 0.586. The van der Waals surface area contributed by atoms with Crippen LogP contribution in [0.4, 0.5) is 10.5 Å². The quantitative estimate of drug-likeness (QED) is 0.247. The second kappa shape index (κ2) is 14.6. The van der Waals surface area contributed by atoms with Gasteiger partial charge in [0.15, 0.2) is 0 Å². The number of cyclic esters (lactones) is 1. The van der Waals surface area contributed by atoms with Gasteiger partial charge in [-0.05, 0) is 62.2 Å². The second-order valence-corrected chi connectivity index (χ2v) is 11.2. The summed E-state index contributed by atoms with van der Waals surface area (Å²) >= 11 is 1.37. The van der Waals surface area contributed by atoms with E-state index in [4.69, 9.17) is 14.2 Å². The number of carbonyl (C=O) groups is 2. The zero-order chi connectivity index (χ0) is 26.7. The molecule has 2 atom stereocenters. The molecule has 2 aliphatic rings. The van der Waals surface area contributed by atoms with Gasteiger partial charge in [-0.2, -0.15) is 0 Å². The van der Waals surface area contributed by atoms with Gasteiger partial charge in [0, 0.05) is 17.1 Å². The lowest BCUT2D eigenvalue weighted by Gasteiger charge is -2.25. The first-order chi connectivity index (χ1) is 18.5. The standard InChI is InChI=1S/C29H40N2O6S/c1-2-3-5-8-26(32)22-9-11-23(12-10-22)31-24(20-37-29(31)34)19-35-21-25-13-14-27(38-25)28(33)36-18-17-30-15-6-4-7-16-30/h9-14,24,26,32H,2-8,15-21H2,1H3/t24-,26?/m0/s1. The molecule has 9 heteroatoms. The third-order valence-corrected chi connectivity index (χ3v) is 8.14. The molecule has 2 fully saturated rings. The summed E-state index contributed by atoms with van der Waals surface area (Å²) in [6.07, 6.45) is 6.77. The first-order valence-corrected chi connectivity index (χ1v) is 14.7. The molecule has 208 valence electrons. The van der Waals surface area contributed by atoms with E-state index in [1.165, 1.54) is 30.6 Å². The summed E-state index contributed by atoms with van der Waals surface area (Å²) in [5.41, 5.74) is 1.57. The van der Waals surface area contributed by atoms with E-state index in [1.807, 2.05) is 30.3 Å². The fourth-order valence-corrected chi connectivity index (χ4v) is 5.73. The lowest BCUT2D eigenvalue weighted by Crippen LogP contribution is -2.36. The third kappa shape index (κ3) is 8.02. The van der Waals surface area contributed by atoms with Crippen molar-refractivity contribution in [1.29, 1.82) is 0 Å². The number of rotatable bonds is 14. The van der Waals surface area contributed by atoms with E-state index in [0.29, 0.717) is 24.7 Å². The first-order valence-electron chi connectivity index (χ1n) is 13.8. The number of unbranched alkanes of at least 4 members (excludes halogenated alkanes) is 2. The van der Waals surface area contributed by atoms with E-state index in [2.05, 4.69) is 11.8 Å². The van der Waals surface area contributed by atoms with Crippen molar-refractivity contribution < 1.29 is 28.9 Å². The number of aliphatic hydroxyl groups is 1. The highest BCUT2D eigenvalue weighted by molar-refractivity contribution is 7.13. The van der Waals surface area contributed by atoms with Gasteiger partial charge in [0.05, 0.1) is 25.4 Å². The van der Waals surface area contributed by atoms with E-state index in [1.54, 1.807) is 11.0 Å². The van der Waals surface area contributed by atoms with E-state index in [-0.39, 0.29) is 18.6 Å². The van der Waals surface area contributed by atoms with Crippen LogP contribution in [0.2, 0.25) is 0 Å². The molecule has 0 aliphatic carbocycles. The van der Waals surface area contributed by atoms with Crippen molar-refractivity contribution in [2.24, 2.45) is 0 Å². The van der Waals surface area contributed by atoms with E-state index in [0.717, 1.165) is 61.4 Å². The third-order valence-electron chi connectivity index (χ3n) is 7.10. The summed E-state index contributed by atoms with van der Waals surface area (Å²) in [5, 5.41) is 10.4. The summed E-state index contributed by atoms with van der Waals surface area (Å²) in [6.45, 7) is 6.40. The van der Waals surface area contributed by atoms with Crippen LogP contribution in [-0.4, -0.2) is 67.6 Å². The van der Waals surface area contributed by atoms with Gasteiger partial charge in [0.1, 0.15) is 18.1 Å². The molecule has 8 nitrogen and oxygen atoms in total. The number of carbonyl (C=O) groups excluding carboxylic acids is 2. The van der Waals surface area contributed by atoms with Crippen molar-refractivity contribution >= 4 is 29.1 Å². The number of anilines is 1. The van der Waals surface area contributed by atoms with Gasteiger partial charge in [-0.3, -0.25) is 9.80 Å². The Hall–Kier alpha value is -2.46. The fourth-order valence-electron chi connectivity index (χ4n) is 4.89. The molecule has 1 aromatic heterocycles. The van der Waals surface area contributed by atoms with Crippen molar-refractivity contribution in [2.75, 3.05) is 44.4 Å². The molecule has 1 unspecified atom stereocenters. The molecule has 0 radical (unpaired) electrons. The molecule has 0 spiro atoms. The normalized spacial score (nSPS) is 18.9. The van der Waals surface area contributed by atoms with Gasteiger partial charge in [0.2, 0.25) is 0 Å². The van der Waals surface area contributed by atoms with Crippen LogP contribution in [0.3, 0.4) is 0 Å². The van der Waals surface area contributed by atoms with Gasteiger partial charge < -0.3 is 19.3 Å². The summed E-state index contributed by atoms with van der Waals surface area (Å²) in [5.74, 6) is -0.293. The Balaban J connectivity index is 1.22. The molecule has 2 aromatic rings. The Morgan fingerprint density at radius 2 is 1.92 bits per heavy atom. The Labute approximate surface area is 229 Å². The van der Waals surface area contributed by atoms with Crippen LogP contribution < -0.4 is 4.90 Å². The zero-order valence-electron chi connectivity index (χ0n) is 22.3. The van der Waals surface area contributed by atoms with Crippen molar-refractivity contribution in [2.45, 2.75) is 70.6 Å². The number of esters is 1. The van der Waals surface area contributed by atoms with E-state index in [9.17, 15) is 14.7 Å². The molecule has 1 N–H and O–H groups in total. The lowest BCUT2D eigenvalue weighted by molar-refractivity contribution is 0.0457. The summed E-state index contributed by atoms with van der Waals surface area (Å²) in [4.78, 5) is 30.3. The van der Waals surface area contributed by atoms with E-state index < -0.39 is 12.2 Å². The summed E-state index contributed by atoms with van der Waals surface area (Å²) < 4.78 is 16.7. The van der Waals surface area contributed by atoms with Gasteiger partial charge in [-0.15, -0.1) is 11.3 Å². The van der Waals surface area contributed by atoms with Crippen LogP contribution in [0, 0.1) is 0 Å². The zero-order valence-corrected chi connectivity index (χ0v) is 23.1. The predicted octanol–water partition coefficient (Wildman–Crippen LogP) is 5.55. The van der Waals surface area contributed by atoms with Crippen molar-refractivity contribution in [3.63, 3.8) is 0 Å². The number of aliphatic hydroxyl groups excluding tert-OH is 1. The molecular formula is C29H40N2O6S. The maximum Gasteiger partial charge on any atom is 0.414 e. The number of amides is 1. The van der Waals surface area contributed by atoms with E-state index >= 15 is 0 Å². The maximum absolute atomic E-state index is 12.4. The van der Waals surface area contributed by atoms with Crippen LogP contribution in [0.15, 0.2) is 36.4 Å². The monoisotopic (exact) mass is 544 g/mol. The molecule has 3 heterocycles. The molecule has 4 rings (SSSR count). The molecular weight excluding hydrogens is 504 g/mol. The largest absolute Gasteiger partial charge is 0.460 e. The minimum absolute atomic E-state index is 0.248. The Morgan fingerprint density at radius 3 is 2.68 bits per heavy atom. The number of hydrogen-bond donors (Lipinski definition) is 1. The highest BCUT2D eigenvalue weighted by Crippen LogP contribution is 2.27. The number of hydrogen-bond acceptors (Lipinski definition) is 8. The first kappa shape index (κ1) is 28.5. The average molecular weight is 545 g/mol. The topological polar surface area (TPSA) is 88.5 Å². The Bertz CT molecular complexity index is 1020. The minimum atomic E-state index is -0.497. The van der Waals surface area contributed by atoms with Crippen LogP contribution in [0.25, 0.3) is 0 Å². The molecule has 0 saturated carbocycles. The van der Waals surface area contributed by atoms with Crippen LogP contribution in [0.1, 0.15) is 78.1 Å². The number of piperidine rings is 1. The van der Waals surface area contributed by atoms with Crippen LogP contribution in [0.5, 0.6) is 0 Å². The number of benzene rings is 1. The highest BCUT2D eigenvalue weighted by atomic mass is 32.1. The van der Waals surface area contributed by atoms with Gasteiger partial charge in [-0.1, -0.05) is 44.7 Å². The summed E-state index contributed by atoms with van der Waals surface area (Å²) in [7, 11) is 0. The molecule has 38 heavy (non-hydrogen) atoms. The molecule has 0 bridgehead atoms. The lowest BCUT2D eigenvalue weighted by atomic mass is 10.0. The molecule has 1 amide bonds. The van der Waals surface area contributed by atoms with Crippen molar-refractivity contribution in [3.8, 4) is 0 Å². The molecule has 2 aliphatic heterocycles. The maximum atomic E-state index is 12.4. The molecule has 1 aromatic carbocycles. The van der Waals surface area contributed by atoms with Crippen LogP contribution >= 0.6 is 11.3 Å². The van der Waals surface area contributed by atoms with Gasteiger partial charge in [0.25, 0.3) is 0 Å². The van der Waals surface area contributed by atoms with Gasteiger partial charge >= 0.3 is 12.1 Å².